The maximum absolute atomic E-state index is 12.0. The van der Waals surface area contributed by atoms with Gasteiger partial charge in [-0.15, -0.1) is 0 Å². The zero-order valence-corrected chi connectivity index (χ0v) is 13.7. The van der Waals surface area contributed by atoms with Crippen LogP contribution in [-0.4, -0.2) is 27.2 Å². The number of aromatic nitrogens is 2. The van der Waals surface area contributed by atoms with Crippen LogP contribution < -0.4 is 10.6 Å². The van der Waals surface area contributed by atoms with E-state index in [0.29, 0.717) is 22.8 Å². The van der Waals surface area contributed by atoms with Gasteiger partial charge in [-0.3, -0.25) is 4.79 Å². The zero-order chi connectivity index (χ0) is 15.2. The van der Waals surface area contributed by atoms with Gasteiger partial charge in [-0.2, -0.15) is 8.75 Å². The molecule has 114 valence electrons. The smallest absolute Gasteiger partial charge is 0.242 e. The standard InChI is InChI=1S/C14H19ClN4OS/c1-3-4-5-8-16-14(20)9(2)17-12-10(15)6-7-11-13(12)19-21-18-11/h6-7,9,17H,3-5,8H2,1-2H3,(H,16,20). The second-order valence-corrected chi connectivity index (χ2v) is 5.85. The average Bonchev–Trinajstić information content (AvgIpc) is 2.95. The minimum Gasteiger partial charge on any atom is -0.371 e. The fraction of sp³-hybridized carbons (Fsp3) is 0.500. The molecule has 0 saturated heterocycles. The monoisotopic (exact) mass is 326 g/mol. The summed E-state index contributed by atoms with van der Waals surface area (Å²) in [6, 6.07) is 3.21. The van der Waals surface area contributed by atoms with E-state index in [1.165, 1.54) is 0 Å². The average molecular weight is 327 g/mol. The topological polar surface area (TPSA) is 66.9 Å². The van der Waals surface area contributed by atoms with Gasteiger partial charge in [0.2, 0.25) is 5.91 Å². The summed E-state index contributed by atoms with van der Waals surface area (Å²) >= 11 is 7.33. The molecule has 0 fully saturated rings. The first-order chi connectivity index (χ1) is 10.1. The molecule has 0 radical (unpaired) electrons. The van der Waals surface area contributed by atoms with Gasteiger partial charge in [0.15, 0.2) is 0 Å². The Morgan fingerprint density at radius 1 is 1.38 bits per heavy atom. The molecule has 1 aromatic heterocycles. The van der Waals surface area contributed by atoms with E-state index in [2.05, 4.69) is 26.3 Å². The second kappa shape index (κ2) is 7.56. The first-order valence-corrected chi connectivity index (χ1v) is 8.19. The van der Waals surface area contributed by atoms with Crippen LogP contribution in [0.2, 0.25) is 5.02 Å². The Kier molecular flexibility index (Phi) is 5.76. The van der Waals surface area contributed by atoms with Crippen LogP contribution in [0.15, 0.2) is 12.1 Å². The summed E-state index contributed by atoms with van der Waals surface area (Å²) in [5.41, 5.74) is 2.15. The van der Waals surface area contributed by atoms with Crippen LogP contribution in [0, 0.1) is 0 Å². The van der Waals surface area contributed by atoms with Gasteiger partial charge in [0.05, 0.1) is 22.4 Å². The normalized spacial score (nSPS) is 12.3. The first kappa shape index (κ1) is 16.0. The Hall–Kier alpha value is -1.40. The highest BCUT2D eigenvalue weighted by Gasteiger charge is 2.16. The number of unbranched alkanes of at least 4 members (excludes halogenated alkanes) is 2. The number of amides is 1. The number of halogens is 1. The molecule has 2 rings (SSSR count). The number of benzene rings is 1. The second-order valence-electron chi connectivity index (χ2n) is 4.92. The Bertz CT molecular complexity index is 616. The van der Waals surface area contributed by atoms with E-state index in [9.17, 15) is 4.79 Å². The van der Waals surface area contributed by atoms with Crippen LogP contribution >= 0.6 is 23.3 Å². The molecule has 1 amide bonds. The number of rotatable bonds is 7. The van der Waals surface area contributed by atoms with Crippen molar-refractivity contribution in [2.45, 2.75) is 39.2 Å². The maximum atomic E-state index is 12.0. The van der Waals surface area contributed by atoms with Crippen molar-refractivity contribution >= 4 is 46.0 Å². The summed E-state index contributed by atoms with van der Waals surface area (Å²) in [5.74, 6) is -0.0395. The summed E-state index contributed by atoms with van der Waals surface area (Å²) in [6.07, 6.45) is 3.26. The van der Waals surface area contributed by atoms with Crippen LogP contribution in [-0.2, 0) is 4.79 Å². The number of hydrogen-bond donors (Lipinski definition) is 2. The highest BCUT2D eigenvalue weighted by molar-refractivity contribution is 7.00. The van der Waals surface area contributed by atoms with Crippen LogP contribution in [0.25, 0.3) is 11.0 Å². The van der Waals surface area contributed by atoms with Crippen LogP contribution in [0.3, 0.4) is 0 Å². The molecule has 21 heavy (non-hydrogen) atoms. The van der Waals surface area contributed by atoms with Crippen molar-refractivity contribution in [2.75, 3.05) is 11.9 Å². The highest BCUT2D eigenvalue weighted by atomic mass is 35.5. The Balaban J connectivity index is 2.00. The number of nitrogens with one attached hydrogen (secondary N) is 2. The number of anilines is 1. The molecule has 7 heteroatoms. The van der Waals surface area contributed by atoms with E-state index < -0.39 is 0 Å². The van der Waals surface area contributed by atoms with Crippen LogP contribution in [0.4, 0.5) is 5.69 Å². The van der Waals surface area contributed by atoms with Crippen molar-refractivity contribution in [1.29, 1.82) is 0 Å². The molecule has 1 aromatic carbocycles. The molecule has 0 aliphatic carbocycles. The van der Waals surface area contributed by atoms with E-state index >= 15 is 0 Å². The Morgan fingerprint density at radius 2 is 2.19 bits per heavy atom. The lowest BCUT2D eigenvalue weighted by molar-refractivity contribution is -0.121. The first-order valence-electron chi connectivity index (χ1n) is 7.08. The van der Waals surface area contributed by atoms with E-state index in [0.717, 1.165) is 36.5 Å². The van der Waals surface area contributed by atoms with E-state index in [1.54, 1.807) is 6.07 Å². The van der Waals surface area contributed by atoms with Crippen molar-refractivity contribution in [3.05, 3.63) is 17.2 Å². The Labute approximate surface area is 133 Å². The molecule has 2 N–H and O–H groups in total. The van der Waals surface area contributed by atoms with Gasteiger partial charge in [-0.25, -0.2) is 0 Å². The van der Waals surface area contributed by atoms with E-state index in [-0.39, 0.29) is 11.9 Å². The molecule has 1 atom stereocenters. The van der Waals surface area contributed by atoms with Gasteiger partial charge in [-0.05, 0) is 25.5 Å². The molecule has 0 spiro atoms. The molecular weight excluding hydrogens is 308 g/mol. The number of carbonyl (C=O) groups excluding carboxylic acids is 1. The number of fused-ring (bicyclic) bond motifs is 1. The summed E-state index contributed by atoms with van der Waals surface area (Å²) in [4.78, 5) is 12.0. The van der Waals surface area contributed by atoms with E-state index in [4.69, 9.17) is 11.6 Å². The van der Waals surface area contributed by atoms with Crippen molar-refractivity contribution in [2.24, 2.45) is 0 Å². The molecule has 5 nitrogen and oxygen atoms in total. The number of nitrogens with zero attached hydrogens (tertiary/aromatic N) is 2. The Morgan fingerprint density at radius 3 is 2.95 bits per heavy atom. The third kappa shape index (κ3) is 4.04. The van der Waals surface area contributed by atoms with Crippen LogP contribution in [0.5, 0.6) is 0 Å². The largest absolute Gasteiger partial charge is 0.371 e. The maximum Gasteiger partial charge on any atom is 0.242 e. The van der Waals surface area contributed by atoms with Gasteiger partial charge in [0, 0.05) is 6.54 Å². The summed E-state index contributed by atoms with van der Waals surface area (Å²) in [7, 11) is 0. The van der Waals surface area contributed by atoms with Gasteiger partial charge in [0.1, 0.15) is 17.1 Å². The predicted molar refractivity (Wildman–Crippen MR) is 88.0 cm³/mol. The lowest BCUT2D eigenvalue weighted by Crippen LogP contribution is -2.38. The van der Waals surface area contributed by atoms with Gasteiger partial charge < -0.3 is 10.6 Å². The lowest BCUT2D eigenvalue weighted by Gasteiger charge is -2.16. The van der Waals surface area contributed by atoms with Gasteiger partial charge in [-0.1, -0.05) is 31.4 Å². The summed E-state index contributed by atoms with van der Waals surface area (Å²) in [5, 5.41) is 6.60. The number of hydrogen-bond acceptors (Lipinski definition) is 5. The molecule has 1 unspecified atom stereocenters. The minimum absolute atomic E-state index is 0.0395. The quantitative estimate of drug-likeness (QED) is 0.765. The molecule has 0 aliphatic rings. The van der Waals surface area contributed by atoms with Gasteiger partial charge in [0.25, 0.3) is 0 Å². The molecule has 0 aliphatic heterocycles. The minimum atomic E-state index is -0.378. The summed E-state index contributed by atoms with van der Waals surface area (Å²) in [6.45, 7) is 4.65. The zero-order valence-electron chi connectivity index (χ0n) is 12.1. The van der Waals surface area contributed by atoms with Crippen molar-refractivity contribution in [3.63, 3.8) is 0 Å². The highest BCUT2D eigenvalue weighted by Crippen LogP contribution is 2.30. The fourth-order valence-electron chi connectivity index (χ4n) is 1.99. The van der Waals surface area contributed by atoms with E-state index in [1.807, 2.05) is 13.0 Å². The molecule has 1 heterocycles. The summed E-state index contributed by atoms with van der Waals surface area (Å²) < 4.78 is 8.40. The van der Waals surface area contributed by atoms with Crippen molar-refractivity contribution < 1.29 is 4.79 Å². The fourth-order valence-corrected chi connectivity index (χ4v) is 2.74. The predicted octanol–water partition coefficient (Wildman–Crippen LogP) is 3.45. The van der Waals surface area contributed by atoms with Crippen molar-refractivity contribution in [3.8, 4) is 0 Å². The molecule has 2 aromatic rings. The molecular formula is C14H19ClN4OS. The lowest BCUT2D eigenvalue weighted by atomic mass is 10.2. The molecule has 0 saturated carbocycles. The number of carbonyl (C=O) groups is 1. The third-order valence-electron chi connectivity index (χ3n) is 3.21. The van der Waals surface area contributed by atoms with Gasteiger partial charge >= 0.3 is 0 Å². The third-order valence-corrected chi connectivity index (χ3v) is 4.07. The SMILES string of the molecule is CCCCCNC(=O)C(C)Nc1c(Cl)ccc2nsnc12. The van der Waals surface area contributed by atoms with Crippen LogP contribution in [0.1, 0.15) is 33.1 Å². The molecule has 0 bridgehead atoms. The van der Waals surface area contributed by atoms with Crippen molar-refractivity contribution in [1.82, 2.24) is 14.1 Å².